The Labute approximate surface area is 121 Å². The monoisotopic (exact) mass is 275 g/mol. The lowest BCUT2D eigenvalue weighted by Crippen LogP contribution is -2.33. The van der Waals surface area contributed by atoms with Gasteiger partial charge in [0.2, 0.25) is 5.91 Å². The number of carbonyl (C=O) groups is 1. The highest BCUT2D eigenvalue weighted by Crippen LogP contribution is 2.41. The van der Waals surface area contributed by atoms with Gasteiger partial charge < -0.3 is 10.4 Å². The highest BCUT2D eigenvalue weighted by molar-refractivity contribution is 5.95. The van der Waals surface area contributed by atoms with E-state index in [1.54, 1.807) is 0 Å². The zero-order valence-electron chi connectivity index (χ0n) is 12.3. The van der Waals surface area contributed by atoms with Crippen molar-refractivity contribution in [2.75, 3.05) is 11.9 Å². The van der Waals surface area contributed by atoms with Crippen molar-refractivity contribution in [3.05, 3.63) is 29.8 Å². The molecule has 0 saturated heterocycles. The van der Waals surface area contributed by atoms with E-state index in [9.17, 15) is 4.79 Å². The second-order valence-electron chi connectivity index (χ2n) is 5.82. The quantitative estimate of drug-likeness (QED) is 0.834. The number of aliphatic hydroxyl groups is 1. The van der Waals surface area contributed by atoms with Crippen LogP contribution in [-0.4, -0.2) is 17.6 Å². The number of hydrogen-bond acceptors (Lipinski definition) is 2. The maximum atomic E-state index is 12.5. The molecule has 3 heteroatoms. The number of amides is 1. The Bertz CT molecular complexity index is 450. The number of aryl methyl sites for hydroxylation is 1. The number of anilines is 1. The Morgan fingerprint density at radius 1 is 1.35 bits per heavy atom. The number of nitrogens with one attached hydrogen (secondary N) is 1. The first-order valence-corrected chi connectivity index (χ1v) is 7.71. The molecule has 1 saturated carbocycles. The second kappa shape index (κ2) is 6.89. The molecule has 0 bridgehead atoms. The fourth-order valence-electron chi connectivity index (χ4n) is 3.14. The number of aliphatic hydroxyl groups excluding tert-OH is 1. The van der Waals surface area contributed by atoms with Gasteiger partial charge in [-0.1, -0.05) is 31.9 Å². The number of rotatable bonds is 6. The first kappa shape index (κ1) is 15.0. The summed E-state index contributed by atoms with van der Waals surface area (Å²) in [6.07, 6.45) is 6.88. The van der Waals surface area contributed by atoms with Gasteiger partial charge in [0, 0.05) is 17.7 Å². The molecule has 0 atom stereocenters. The van der Waals surface area contributed by atoms with Gasteiger partial charge in [0.15, 0.2) is 0 Å². The van der Waals surface area contributed by atoms with Crippen LogP contribution in [0.1, 0.15) is 51.0 Å². The molecule has 1 aliphatic carbocycles. The summed E-state index contributed by atoms with van der Waals surface area (Å²) in [6, 6.07) is 7.97. The van der Waals surface area contributed by atoms with Gasteiger partial charge in [0.1, 0.15) is 0 Å². The van der Waals surface area contributed by atoms with E-state index < -0.39 is 0 Å². The smallest absolute Gasteiger partial charge is 0.230 e. The standard InChI is InChI=1S/C17H25NO2/c1-2-17(10-3-4-11-17)16(20)18-15-9-5-7-14(13-15)8-6-12-19/h5,7,9,13,19H,2-4,6,8,10-12H2,1H3,(H,18,20). The minimum Gasteiger partial charge on any atom is -0.396 e. The SMILES string of the molecule is CCC1(C(=O)Nc2cccc(CCCO)c2)CCCC1. The third kappa shape index (κ3) is 3.40. The van der Waals surface area contributed by atoms with Gasteiger partial charge in [0.05, 0.1) is 0 Å². The summed E-state index contributed by atoms with van der Waals surface area (Å²) in [4.78, 5) is 12.5. The summed E-state index contributed by atoms with van der Waals surface area (Å²) in [5, 5.41) is 12.0. The molecule has 0 radical (unpaired) electrons. The van der Waals surface area contributed by atoms with Crippen molar-refractivity contribution in [2.45, 2.75) is 51.9 Å². The summed E-state index contributed by atoms with van der Waals surface area (Å²) in [5.74, 6) is 0.178. The van der Waals surface area contributed by atoms with E-state index in [0.29, 0.717) is 0 Å². The highest BCUT2D eigenvalue weighted by atomic mass is 16.2. The molecule has 0 aliphatic heterocycles. The zero-order chi connectivity index (χ0) is 14.4. The van der Waals surface area contributed by atoms with Crippen LogP contribution in [0.2, 0.25) is 0 Å². The summed E-state index contributed by atoms with van der Waals surface area (Å²) in [7, 11) is 0. The van der Waals surface area contributed by atoms with Gasteiger partial charge in [-0.15, -0.1) is 0 Å². The predicted octanol–water partition coefficient (Wildman–Crippen LogP) is 3.52. The van der Waals surface area contributed by atoms with Gasteiger partial charge >= 0.3 is 0 Å². The molecule has 1 aromatic rings. The molecule has 0 unspecified atom stereocenters. The van der Waals surface area contributed by atoms with Crippen LogP contribution in [0.15, 0.2) is 24.3 Å². The molecule has 20 heavy (non-hydrogen) atoms. The molecular weight excluding hydrogens is 250 g/mol. The van der Waals surface area contributed by atoms with E-state index in [1.807, 2.05) is 24.3 Å². The van der Waals surface area contributed by atoms with E-state index in [2.05, 4.69) is 12.2 Å². The normalized spacial score (nSPS) is 17.1. The van der Waals surface area contributed by atoms with Crippen LogP contribution in [0.25, 0.3) is 0 Å². The van der Waals surface area contributed by atoms with E-state index >= 15 is 0 Å². The molecule has 1 aliphatic rings. The average Bonchev–Trinajstić information content (AvgIpc) is 2.95. The Hall–Kier alpha value is -1.35. The molecule has 3 nitrogen and oxygen atoms in total. The third-order valence-electron chi connectivity index (χ3n) is 4.53. The molecule has 0 aromatic heterocycles. The maximum Gasteiger partial charge on any atom is 0.230 e. The molecule has 0 spiro atoms. The minimum atomic E-state index is -0.152. The van der Waals surface area contributed by atoms with Crippen LogP contribution in [-0.2, 0) is 11.2 Å². The molecule has 2 N–H and O–H groups in total. The van der Waals surface area contributed by atoms with Crippen molar-refractivity contribution in [3.8, 4) is 0 Å². The maximum absolute atomic E-state index is 12.5. The van der Waals surface area contributed by atoms with E-state index in [1.165, 1.54) is 0 Å². The van der Waals surface area contributed by atoms with Crippen LogP contribution >= 0.6 is 0 Å². The lowest BCUT2D eigenvalue weighted by Gasteiger charge is -2.26. The second-order valence-corrected chi connectivity index (χ2v) is 5.82. The molecule has 1 fully saturated rings. The fourth-order valence-corrected chi connectivity index (χ4v) is 3.14. The largest absolute Gasteiger partial charge is 0.396 e. The van der Waals surface area contributed by atoms with Crippen LogP contribution in [0, 0.1) is 5.41 Å². The lowest BCUT2D eigenvalue weighted by molar-refractivity contribution is -0.125. The molecule has 110 valence electrons. The number of hydrogen-bond donors (Lipinski definition) is 2. The van der Waals surface area contributed by atoms with Crippen LogP contribution in [0.3, 0.4) is 0 Å². The fraction of sp³-hybridized carbons (Fsp3) is 0.588. The molecular formula is C17H25NO2. The topological polar surface area (TPSA) is 49.3 Å². The summed E-state index contributed by atoms with van der Waals surface area (Å²) in [5.41, 5.74) is 1.89. The van der Waals surface area contributed by atoms with E-state index in [-0.39, 0.29) is 17.9 Å². The summed E-state index contributed by atoms with van der Waals surface area (Å²) in [6.45, 7) is 2.32. The van der Waals surface area contributed by atoms with Gasteiger partial charge in [-0.3, -0.25) is 4.79 Å². The van der Waals surface area contributed by atoms with Gasteiger partial charge in [0.25, 0.3) is 0 Å². The molecule has 0 heterocycles. The Balaban J connectivity index is 2.03. The first-order chi connectivity index (χ1) is 9.70. The molecule has 1 aromatic carbocycles. The van der Waals surface area contributed by atoms with Crippen molar-refractivity contribution >= 4 is 11.6 Å². The van der Waals surface area contributed by atoms with Crippen LogP contribution in [0.4, 0.5) is 5.69 Å². The van der Waals surface area contributed by atoms with Gasteiger partial charge in [-0.25, -0.2) is 0 Å². The Morgan fingerprint density at radius 2 is 2.10 bits per heavy atom. The van der Waals surface area contributed by atoms with Gasteiger partial charge in [-0.05, 0) is 49.8 Å². The van der Waals surface area contributed by atoms with Crippen molar-refractivity contribution in [1.82, 2.24) is 0 Å². The average molecular weight is 275 g/mol. The van der Waals surface area contributed by atoms with Crippen molar-refractivity contribution in [3.63, 3.8) is 0 Å². The van der Waals surface area contributed by atoms with Crippen LogP contribution < -0.4 is 5.32 Å². The number of benzene rings is 1. The van der Waals surface area contributed by atoms with Crippen molar-refractivity contribution in [2.24, 2.45) is 5.41 Å². The predicted molar refractivity (Wildman–Crippen MR) is 81.7 cm³/mol. The summed E-state index contributed by atoms with van der Waals surface area (Å²) >= 11 is 0. The Kier molecular flexibility index (Phi) is 5.18. The van der Waals surface area contributed by atoms with E-state index in [4.69, 9.17) is 5.11 Å². The van der Waals surface area contributed by atoms with Crippen molar-refractivity contribution < 1.29 is 9.90 Å². The van der Waals surface area contributed by atoms with Crippen molar-refractivity contribution in [1.29, 1.82) is 0 Å². The highest BCUT2D eigenvalue weighted by Gasteiger charge is 2.39. The zero-order valence-corrected chi connectivity index (χ0v) is 12.3. The van der Waals surface area contributed by atoms with Crippen LogP contribution in [0.5, 0.6) is 0 Å². The first-order valence-electron chi connectivity index (χ1n) is 7.71. The molecule has 1 amide bonds. The number of carbonyl (C=O) groups excluding carboxylic acids is 1. The summed E-state index contributed by atoms with van der Waals surface area (Å²) < 4.78 is 0. The third-order valence-corrected chi connectivity index (χ3v) is 4.53. The Morgan fingerprint density at radius 3 is 2.75 bits per heavy atom. The van der Waals surface area contributed by atoms with E-state index in [0.717, 1.165) is 56.2 Å². The lowest BCUT2D eigenvalue weighted by atomic mass is 9.82. The molecule has 2 rings (SSSR count). The minimum absolute atomic E-state index is 0.152. The van der Waals surface area contributed by atoms with Gasteiger partial charge in [-0.2, -0.15) is 0 Å².